The first kappa shape index (κ1) is 23.6. The first-order chi connectivity index (χ1) is 13.0. The molecule has 1 aliphatic carbocycles. The van der Waals surface area contributed by atoms with Crippen molar-refractivity contribution in [3.63, 3.8) is 0 Å². The summed E-state index contributed by atoms with van der Waals surface area (Å²) in [7, 11) is 3.58. The summed E-state index contributed by atoms with van der Waals surface area (Å²) >= 11 is 1.75. The molecule has 27 heavy (non-hydrogen) atoms. The van der Waals surface area contributed by atoms with Gasteiger partial charge in [-0.25, -0.2) is 4.39 Å². The first-order valence-electron chi connectivity index (χ1n) is 9.67. The number of fused-ring (bicyclic) bond motifs is 1. The number of allylic oxidation sites excluding steroid dienone is 3. The van der Waals surface area contributed by atoms with Gasteiger partial charge < -0.3 is 19.7 Å². The smallest absolute Gasteiger partial charge is 0.128 e. The standard InChI is InChI=1S/C18H27FN2O2S.C3H8/c1-5-17(24-4)20-16-12-15(23-11-7-10-22-3)13-8-6-9-14(19)18(13)21(16)2;1-3-2/h6,8-9,12,17-18,20H,5,7,10-11H2,1-4H3;3H2,1-2H3. The van der Waals surface area contributed by atoms with Gasteiger partial charge in [0.1, 0.15) is 23.4 Å². The Bertz CT molecular complexity index is 569. The molecule has 0 amide bonds. The average molecular weight is 399 g/mol. The molecule has 0 saturated carbocycles. The predicted molar refractivity (Wildman–Crippen MR) is 114 cm³/mol. The molecule has 2 unspecified atom stereocenters. The van der Waals surface area contributed by atoms with E-state index in [-0.39, 0.29) is 11.2 Å². The van der Waals surface area contributed by atoms with E-state index in [1.54, 1.807) is 24.9 Å². The van der Waals surface area contributed by atoms with Crippen LogP contribution in [0.5, 0.6) is 0 Å². The molecule has 0 fully saturated rings. The van der Waals surface area contributed by atoms with Gasteiger partial charge in [0.15, 0.2) is 0 Å². The molecule has 2 atom stereocenters. The van der Waals surface area contributed by atoms with Crippen molar-refractivity contribution in [3.8, 4) is 0 Å². The minimum Gasteiger partial charge on any atom is -0.493 e. The van der Waals surface area contributed by atoms with Crippen LogP contribution < -0.4 is 5.32 Å². The molecule has 2 rings (SSSR count). The van der Waals surface area contributed by atoms with E-state index < -0.39 is 6.04 Å². The van der Waals surface area contributed by atoms with E-state index in [1.165, 1.54) is 12.5 Å². The van der Waals surface area contributed by atoms with Gasteiger partial charge >= 0.3 is 0 Å². The Labute approximate surface area is 168 Å². The van der Waals surface area contributed by atoms with Gasteiger partial charge in [0.05, 0.1) is 12.0 Å². The molecule has 4 nitrogen and oxygen atoms in total. The highest BCUT2D eigenvalue weighted by Gasteiger charge is 2.33. The number of thioether (sulfide) groups is 1. The Balaban J connectivity index is 0.00000114. The summed E-state index contributed by atoms with van der Waals surface area (Å²) in [4.78, 5) is 1.94. The van der Waals surface area contributed by atoms with E-state index in [2.05, 4.69) is 32.3 Å². The van der Waals surface area contributed by atoms with Crippen LogP contribution in [0, 0.1) is 0 Å². The number of halogens is 1. The number of hydrogen-bond donors (Lipinski definition) is 1. The van der Waals surface area contributed by atoms with Gasteiger partial charge in [-0.05, 0) is 18.8 Å². The molecule has 0 radical (unpaired) electrons. The summed E-state index contributed by atoms with van der Waals surface area (Å²) in [6.07, 6.45) is 12.2. The fraction of sp³-hybridized carbons (Fsp3) is 0.619. The lowest BCUT2D eigenvalue weighted by atomic mass is 9.95. The molecule has 1 aliphatic heterocycles. The molecule has 1 N–H and O–H groups in total. The Morgan fingerprint density at radius 3 is 2.59 bits per heavy atom. The van der Waals surface area contributed by atoms with Crippen LogP contribution in [-0.4, -0.2) is 49.9 Å². The lowest BCUT2D eigenvalue weighted by molar-refractivity contribution is 0.144. The van der Waals surface area contributed by atoms with Gasteiger partial charge in [-0.3, -0.25) is 0 Å². The maximum atomic E-state index is 14.5. The number of methoxy groups -OCH3 is 1. The van der Waals surface area contributed by atoms with Crippen molar-refractivity contribution in [1.29, 1.82) is 0 Å². The van der Waals surface area contributed by atoms with E-state index in [4.69, 9.17) is 9.47 Å². The lowest BCUT2D eigenvalue weighted by Crippen LogP contribution is -2.44. The summed E-state index contributed by atoms with van der Waals surface area (Å²) in [6.45, 7) is 7.58. The molecule has 0 bridgehead atoms. The first-order valence-corrected chi connectivity index (χ1v) is 11.0. The zero-order chi connectivity index (χ0) is 20.2. The third-order valence-corrected chi connectivity index (χ3v) is 5.14. The minimum atomic E-state index is -0.431. The second kappa shape index (κ2) is 12.9. The van der Waals surface area contributed by atoms with Gasteiger partial charge in [-0.2, -0.15) is 0 Å². The van der Waals surface area contributed by atoms with Crippen molar-refractivity contribution in [2.24, 2.45) is 0 Å². The van der Waals surface area contributed by atoms with Crippen molar-refractivity contribution in [2.45, 2.75) is 51.4 Å². The Morgan fingerprint density at radius 1 is 1.30 bits per heavy atom. The molecule has 6 heteroatoms. The number of likely N-dealkylation sites (N-methyl/N-ethyl adjacent to an activating group) is 1. The highest BCUT2D eigenvalue weighted by Crippen LogP contribution is 2.34. The summed E-state index contributed by atoms with van der Waals surface area (Å²) < 4.78 is 25.5. The lowest BCUT2D eigenvalue weighted by Gasteiger charge is -2.38. The molecule has 0 aromatic carbocycles. The van der Waals surface area contributed by atoms with E-state index >= 15 is 0 Å². The van der Waals surface area contributed by atoms with Gasteiger partial charge in [0, 0.05) is 38.8 Å². The maximum absolute atomic E-state index is 14.5. The van der Waals surface area contributed by atoms with Crippen molar-refractivity contribution < 1.29 is 13.9 Å². The normalized spacial score (nSPS) is 19.5. The molecule has 0 aromatic heterocycles. The molecule has 0 spiro atoms. The largest absolute Gasteiger partial charge is 0.493 e. The second-order valence-electron chi connectivity index (χ2n) is 6.45. The molecular weight excluding hydrogens is 363 g/mol. The van der Waals surface area contributed by atoms with Crippen LogP contribution in [0.15, 0.2) is 47.3 Å². The highest BCUT2D eigenvalue weighted by atomic mass is 32.2. The van der Waals surface area contributed by atoms with E-state index in [0.717, 1.165) is 30.0 Å². The Morgan fingerprint density at radius 2 is 2.00 bits per heavy atom. The van der Waals surface area contributed by atoms with Gasteiger partial charge in [-0.1, -0.05) is 39.3 Å². The van der Waals surface area contributed by atoms with Crippen LogP contribution >= 0.6 is 11.8 Å². The number of hydrogen-bond acceptors (Lipinski definition) is 5. The number of rotatable bonds is 9. The molecular formula is C21H35FN2O2S. The van der Waals surface area contributed by atoms with E-state index in [1.807, 2.05) is 24.1 Å². The topological polar surface area (TPSA) is 33.7 Å². The molecule has 2 aliphatic rings. The second-order valence-corrected chi connectivity index (χ2v) is 7.49. The van der Waals surface area contributed by atoms with Crippen LogP contribution in [-0.2, 0) is 9.47 Å². The van der Waals surface area contributed by atoms with Crippen molar-refractivity contribution >= 4 is 11.8 Å². The molecule has 0 saturated heterocycles. The predicted octanol–water partition coefficient (Wildman–Crippen LogP) is 4.98. The van der Waals surface area contributed by atoms with Crippen LogP contribution in [0.25, 0.3) is 0 Å². The van der Waals surface area contributed by atoms with E-state index in [9.17, 15) is 4.39 Å². The summed E-state index contributed by atoms with van der Waals surface area (Å²) in [5, 5.41) is 3.76. The van der Waals surface area contributed by atoms with Gasteiger partial charge in [0.2, 0.25) is 0 Å². The average Bonchev–Trinajstić information content (AvgIpc) is 2.66. The third-order valence-electron chi connectivity index (χ3n) is 4.12. The van der Waals surface area contributed by atoms with Crippen molar-refractivity contribution in [2.75, 3.05) is 33.6 Å². The Kier molecular flexibility index (Phi) is 11.3. The van der Waals surface area contributed by atoms with Crippen LogP contribution in [0.4, 0.5) is 4.39 Å². The highest BCUT2D eigenvalue weighted by molar-refractivity contribution is 7.99. The summed E-state index contributed by atoms with van der Waals surface area (Å²) in [5.74, 6) is 1.44. The van der Waals surface area contributed by atoms with E-state index in [0.29, 0.717) is 13.2 Å². The van der Waals surface area contributed by atoms with Gasteiger partial charge in [-0.15, -0.1) is 11.8 Å². The van der Waals surface area contributed by atoms with Crippen LogP contribution in [0.1, 0.15) is 40.0 Å². The van der Waals surface area contributed by atoms with Crippen LogP contribution in [0.2, 0.25) is 0 Å². The maximum Gasteiger partial charge on any atom is 0.128 e. The molecule has 0 aromatic rings. The number of ether oxygens (including phenoxy) is 2. The quantitative estimate of drug-likeness (QED) is 0.438. The fourth-order valence-electron chi connectivity index (χ4n) is 2.78. The zero-order valence-electron chi connectivity index (χ0n) is 17.5. The minimum absolute atomic E-state index is 0.169. The fourth-order valence-corrected chi connectivity index (χ4v) is 3.35. The number of nitrogens with one attached hydrogen (secondary N) is 1. The summed E-state index contributed by atoms with van der Waals surface area (Å²) in [6, 6.07) is -0.431. The summed E-state index contributed by atoms with van der Waals surface area (Å²) in [5.41, 5.74) is 0.859. The van der Waals surface area contributed by atoms with Crippen LogP contribution in [0.3, 0.4) is 0 Å². The van der Waals surface area contributed by atoms with Gasteiger partial charge in [0.25, 0.3) is 0 Å². The molecule has 1 heterocycles. The molecule has 154 valence electrons. The monoisotopic (exact) mass is 398 g/mol. The third kappa shape index (κ3) is 6.92. The van der Waals surface area contributed by atoms with Crippen molar-refractivity contribution in [3.05, 3.63) is 47.3 Å². The zero-order valence-corrected chi connectivity index (χ0v) is 18.4. The number of nitrogens with zero attached hydrogens (tertiary/aromatic N) is 1. The SMILES string of the molecule is CCC.CCC(NC1=CC(OCCCOC)=C2C=CC=C(F)C2N1C)SC. The Hall–Kier alpha value is -1.40. The van der Waals surface area contributed by atoms with Crippen molar-refractivity contribution in [1.82, 2.24) is 10.2 Å².